The largest absolute Gasteiger partial charge is 0.336 e. The summed E-state index contributed by atoms with van der Waals surface area (Å²) < 4.78 is 1.73. The highest BCUT2D eigenvalue weighted by Gasteiger charge is 2.22. The van der Waals surface area contributed by atoms with E-state index in [4.69, 9.17) is 0 Å². The summed E-state index contributed by atoms with van der Waals surface area (Å²) in [5.41, 5.74) is 5.55. The first-order valence-electron chi connectivity index (χ1n) is 10.4. The van der Waals surface area contributed by atoms with E-state index in [1.54, 1.807) is 4.68 Å². The second-order valence-corrected chi connectivity index (χ2v) is 7.64. The smallest absolute Gasteiger partial charge is 0.253 e. The summed E-state index contributed by atoms with van der Waals surface area (Å²) >= 11 is 0. The number of rotatable bonds is 4. The molecular formula is C23H24N6O. The lowest BCUT2D eigenvalue weighted by atomic mass is 10.0. The van der Waals surface area contributed by atoms with E-state index >= 15 is 0 Å². The van der Waals surface area contributed by atoms with Crippen LogP contribution in [0, 0.1) is 0 Å². The lowest BCUT2D eigenvalue weighted by molar-refractivity contribution is 0.0643. The van der Waals surface area contributed by atoms with Gasteiger partial charge >= 0.3 is 0 Å². The first kappa shape index (κ1) is 18.7. The Balaban J connectivity index is 1.31. The Kier molecular flexibility index (Phi) is 4.88. The number of piperazine rings is 1. The van der Waals surface area contributed by atoms with Crippen LogP contribution in [0.25, 0.3) is 5.69 Å². The van der Waals surface area contributed by atoms with E-state index in [2.05, 4.69) is 39.3 Å². The molecule has 7 nitrogen and oxygen atoms in total. The van der Waals surface area contributed by atoms with Crippen LogP contribution in [0.3, 0.4) is 0 Å². The van der Waals surface area contributed by atoms with Gasteiger partial charge in [0.1, 0.15) is 5.69 Å². The molecule has 2 aliphatic heterocycles. The Hall–Kier alpha value is -3.32. The summed E-state index contributed by atoms with van der Waals surface area (Å²) in [4.78, 5) is 21.7. The third-order valence-electron chi connectivity index (χ3n) is 5.90. The summed E-state index contributed by atoms with van der Waals surface area (Å²) in [5.74, 6) is 0.0912. The van der Waals surface area contributed by atoms with Crippen LogP contribution < -0.4 is 0 Å². The first-order chi connectivity index (χ1) is 14.7. The minimum absolute atomic E-state index is 0.0912. The number of amides is 1. The van der Waals surface area contributed by atoms with Crippen molar-refractivity contribution >= 4 is 11.6 Å². The van der Waals surface area contributed by atoms with Crippen molar-refractivity contribution in [3.05, 3.63) is 77.1 Å². The van der Waals surface area contributed by atoms with Crippen molar-refractivity contribution in [2.24, 2.45) is 4.99 Å². The molecule has 2 aliphatic rings. The van der Waals surface area contributed by atoms with Gasteiger partial charge in [-0.25, -0.2) is 4.68 Å². The number of likely N-dealkylation sites (N-methyl/N-ethyl adjacent to an activating group) is 1. The zero-order chi connectivity index (χ0) is 20.5. The summed E-state index contributed by atoms with van der Waals surface area (Å²) in [6, 6.07) is 15.8. The molecule has 7 heteroatoms. The molecule has 1 aromatic heterocycles. The maximum Gasteiger partial charge on any atom is 0.253 e. The molecule has 1 saturated heterocycles. The van der Waals surface area contributed by atoms with Gasteiger partial charge in [0.15, 0.2) is 0 Å². The first-order valence-corrected chi connectivity index (χ1v) is 10.4. The topological polar surface area (TPSA) is 66.6 Å². The minimum Gasteiger partial charge on any atom is -0.336 e. The number of hydrogen-bond donors (Lipinski definition) is 0. The predicted molar refractivity (Wildman–Crippen MR) is 115 cm³/mol. The molecule has 152 valence electrons. The van der Waals surface area contributed by atoms with Crippen molar-refractivity contribution in [2.75, 3.05) is 32.7 Å². The molecule has 5 rings (SSSR count). The van der Waals surface area contributed by atoms with Crippen LogP contribution >= 0.6 is 0 Å². The molecule has 3 aromatic rings. The number of nitrogens with zero attached hydrogens (tertiary/aromatic N) is 6. The van der Waals surface area contributed by atoms with E-state index in [1.807, 2.05) is 47.5 Å². The van der Waals surface area contributed by atoms with Gasteiger partial charge in [-0.3, -0.25) is 9.79 Å². The normalized spacial score (nSPS) is 16.4. The predicted octanol–water partition coefficient (Wildman–Crippen LogP) is 2.40. The van der Waals surface area contributed by atoms with Gasteiger partial charge in [0.05, 0.1) is 24.1 Å². The lowest BCUT2D eigenvalue weighted by Crippen LogP contribution is -2.48. The molecule has 1 amide bonds. The average molecular weight is 400 g/mol. The van der Waals surface area contributed by atoms with Crippen LogP contribution in [0.1, 0.15) is 34.1 Å². The highest BCUT2D eigenvalue weighted by atomic mass is 16.2. The summed E-state index contributed by atoms with van der Waals surface area (Å²) in [7, 11) is 0. The third kappa shape index (κ3) is 3.41. The van der Waals surface area contributed by atoms with Crippen molar-refractivity contribution in [2.45, 2.75) is 13.5 Å². The standard InChI is InChI=1S/C23H24N6O/c1-2-27-11-13-28(14-12-27)23(30)17-7-9-19(10-8-17)29-16-21(25-26-29)22-20-6-4-3-5-18(20)15-24-22/h3-10,16H,2,11-15H2,1H3. The van der Waals surface area contributed by atoms with Crippen LogP contribution in [-0.4, -0.2) is 69.1 Å². The fraction of sp³-hybridized carbons (Fsp3) is 0.304. The van der Waals surface area contributed by atoms with Crippen LogP contribution in [0.5, 0.6) is 0 Å². The van der Waals surface area contributed by atoms with E-state index in [0.29, 0.717) is 12.1 Å². The molecule has 0 spiro atoms. The Labute approximate surface area is 175 Å². The van der Waals surface area contributed by atoms with E-state index in [9.17, 15) is 4.79 Å². The minimum atomic E-state index is 0.0912. The Morgan fingerprint density at radius 1 is 1.00 bits per heavy atom. The van der Waals surface area contributed by atoms with E-state index in [0.717, 1.165) is 55.4 Å². The van der Waals surface area contributed by atoms with E-state index in [-0.39, 0.29) is 5.91 Å². The summed E-state index contributed by atoms with van der Waals surface area (Å²) in [6.45, 7) is 7.32. The Morgan fingerprint density at radius 3 is 2.53 bits per heavy atom. The number of fused-ring (bicyclic) bond motifs is 1. The van der Waals surface area contributed by atoms with Gasteiger partial charge in [0.25, 0.3) is 5.91 Å². The molecule has 0 bridgehead atoms. The number of benzene rings is 2. The van der Waals surface area contributed by atoms with Crippen molar-refractivity contribution in [3.8, 4) is 5.69 Å². The number of aromatic nitrogens is 3. The third-order valence-corrected chi connectivity index (χ3v) is 5.90. The van der Waals surface area contributed by atoms with Crippen molar-refractivity contribution in [1.82, 2.24) is 24.8 Å². The zero-order valence-corrected chi connectivity index (χ0v) is 17.0. The van der Waals surface area contributed by atoms with Crippen LogP contribution in [-0.2, 0) is 6.54 Å². The fourth-order valence-corrected chi connectivity index (χ4v) is 4.06. The molecule has 0 N–H and O–H groups in total. The van der Waals surface area contributed by atoms with E-state index < -0.39 is 0 Å². The molecule has 0 radical (unpaired) electrons. The van der Waals surface area contributed by atoms with Gasteiger partial charge in [0.2, 0.25) is 0 Å². The second-order valence-electron chi connectivity index (χ2n) is 7.64. The molecule has 0 unspecified atom stereocenters. The van der Waals surface area contributed by atoms with Gasteiger partial charge in [-0.2, -0.15) is 0 Å². The molecule has 0 aliphatic carbocycles. The van der Waals surface area contributed by atoms with Crippen LogP contribution in [0.4, 0.5) is 0 Å². The maximum absolute atomic E-state index is 12.8. The highest BCUT2D eigenvalue weighted by Crippen LogP contribution is 2.22. The molecular weight excluding hydrogens is 376 g/mol. The van der Waals surface area contributed by atoms with Gasteiger partial charge < -0.3 is 9.80 Å². The van der Waals surface area contributed by atoms with Gasteiger partial charge in [-0.05, 0) is 36.4 Å². The zero-order valence-electron chi connectivity index (χ0n) is 17.0. The van der Waals surface area contributed by atoms with Crippen molar-refractivity contribution in [3.63, 3.8) is 0 Å². The molecule has 1 fully saturated rings. The highest BCUT2D eigenvalue weighted by molar-refractivity contribution is 6.13. The quantitative estimate of drug-likeness (QED) is 0.675. The van der Waals surface area contributed by atoms with Gasteiger partial charge in [-0.15, -0.1) is 5.10 Å². The second kappa shape index (κ2) is 7.84. The fourth-order valence-electron chi connectivity index (χ4n) is 4.06. The van der Waals surface area contributed by atoms with Crippen molar-refractivity contribution < 1.29 is 4.79 Å². The van der Waals surface area contributed by atoms with Gasteiger partial charge in [-0.1, -0.05) is 36.4 Å². The van der Waals surface area contributed by atoms with E-state index in [1.165, 1.54) is 5.56 Å². The number of hydrogen-bond acceptors (Lipinski definition) is 5. The SMILES string of the molecule is CCN1CCN(C(=O)c2ccc(-n3cc(C4=NCc5ccccc54)nn3)cc2)CC1. The Bertz CT molecular complexity index is 1090. The molecule has 0 saturated carbocycles. The average Bonchev–Trinajstić information content (AvgIpc) is 3.46. The van der Waals surface area contributed by atoms with Crippen LogP contribution in [0.2, 0.25) is 0 Å². The number of aliphatic imine (C=N–C) groups is 1. The van der Waals surface area contributed by atoms with Crippen molar-refractivity contribution in [1.29, 1.82) is 0 Å². The summed E-state index contributed by atoms with van der Waals surface area (Å²) in [6.07, 6.45) is 1.89. The number of carbonyl (C=O) groups excluding carboxylic acids is 1. The molecule has 2 aromatic carbocycles. The molecule has 3 heterocycles. The van der Waals surface area contributed by atoms with Gasteiger partial charge in [0, 0.05) is 37.3 Å². The van der Waals surface area contributed by atoms with Crippen LogP contribution in [0.15, 0.2) is 59.7 Å². The number of carbonyl (C=O) groups is 1. The molecule has 30 heavy (non-hydrogen) atoms. The molecule has 0 atom stereocenters. The monoisotopic (exact) mass is 400 g/mol. The Morgan fingerprint density at radius 2 is 1.77 bits per heavy atom. The lowest BCUT2D eigenvalue weighted by Gasteiger charge is -2.34. The maximum atomic E-state index is 12.8. The summed E-state index contributed by atoms with van der Waals surface area (Å²) in [5, 5.41) is 8.59.